The van der Waals surface area contributed by atoms with E-state index in [-0.39, 0.29) is 24.0 Å². The van der Waals surface area contributed by atoms with Crippen molar-refractivity contribution in [2.24, 2.45) is 5.92 Å². The second-order valence-corrected chi connectivity index (χ2v) is 17.8. The number of likely N-dealkylation sites (tertiary alicyclic amines) is 1. The number of rotatable bonds is 10. The summed E-state index contributed by atoms with van der Waals surface area (Å²) in [6.45, 7) is 2.16. The van der Waals surface area contributed by atoms with Crippen LogP contribution >= 0.6 is 0 Å². The van der Waals surface area contributed by atoms with Gasteiger partial charge in [0.1, 0.15) is 0 Å². The molecule has 1 saturated heterocycles. The van der Waals surface area contributed by atoms with Crippen molar-refractivity contribution in [1.29, 1.82) is 10.5 Å². The lowest BCUT2D eigenvalue weighted by molar-refractivity contribution is 0.385. The molecule has 11 rings (SSSR count). The molecule has 1 fully saturated rings. The van der Waals surface area contributed by atoms with E-state index in [0.29, 0.717) is 11.1 Å². The van der Waals surface area contributed by atoms with Crippen molar-refractivity contribution >= 4 is 50.1 Å². The molecule has 0 bridgehead atoms. The van der Waals surface area contributed by atoms with E-state index in [1.807, 2.05) is 42.5 Å². The van der Waals surface area contributed by atoms with Crippen molar-refractivity contribution in [2.45, 2.75) is 37.9 Å². The van der Waals surface area contributed by atoms with Gasteiger partial charge in [-0.3, -0.25) is 0 Å². The van der Waals surface area contributed by atoms with E-state index in [4.69, 9.17) is 6.42 Å². The number of aromatic nitrogens is 1. The van der Waals surface area contributed by atoms with Crippen LogP contribution in [0.1, 0.15) is 36.5 Å². The molecule has 6 aromatic carbocycles. The smallest absolute Gasteiger partial charge is 0.0991 e. The van der Waals surface area contributed by atoms with Crippen LogP contribution in [0.2, 0.25) is 0 Å². The van der Waals surface area contributed by atoms with Gasteiger partial charge < -0.3 is 19.3 Å². The number of nitrogens with zero attached hydrogens (tertiary/aromatic N) is 6. The summed E-state index contributed by atoms with van der Waals surface area (Å²) in [5.41, 5.74) is 14.9. The molecule has 6 nitrogen and oxygen atoms in total. The number of allylic oxidation sites excluding steroid dienone is 9. The first kappa shape index (κ1) is 42.6. The summed E-state index contributed by atoms with van der Waals surface area (Å²) < 4.78 is 2.33. The zero-order valence-corrected chi connectivity index (χ0v) is 38.3. The van der Waals surface area contributed by atoms with Gasteiger partial charge in [-0.1, -0.05) is 115 Å². The Hall–Kier alpha value is -9.02. The van der Waals surface area contributed by atoms with E-state index in [0.717, 1.165) is 63.6 Å². The van der Waals surface area contributed by atoms with E-state index in [1.54, 1.807) is 6.08 Å². The maximum Gasteiger partial charge on any atom is 0.0991 e. The number of para-hydroxylation sites is 2. The Labute approximate surface area is 404 Å². The van der Waals surface area contributed by atoms with E-state index < -0.39 is 0 Å². The van der Waals surface area contributed by atoms with Crippen LogP contribution in [0.5, 0.6) is 0 Å². The van der Waals surface area contributed by atoms with Crippen molar-refractivity contribution in [3.8, 4) is 30.2 Å². The van der Waals surface area contributed by atoms with Crippen LogP contribution < -0.4 is 9.80 Å². The minimum atomic E-state index is 0.0954. The average molecular weight is 889 g/mol. The number of hydrogen-bond donors (Lipinski definition) is 0. The van der Waals surface area contributed by atoms with Crippen LogP contribution in [0.15, 0.2) is 235 Å². The van der Waals surface area contributed by atoms with Gasteiger partial charge >= 0.3 is 0 Å². The Morgan fingerprint density at radius 1 is 0.667 bits per heavy atom. The number of anilines is 4. The molecule has 69 heavy (non-hydrogen) atoms. The Morgan fingerprint density at radius 2 is 1.32 bits per heavy atom. The molecular weight excluding hydrogens is 841 g/mol. The van der Waals surface area contributed by atoms with Crippen LogP contribution in [0, 0.1) is 40.9 Å². The van der Waals surface area contributed by atoms with E-state index in [2.05, 4.69) is 214 Å². The van der Waals surface area contributed by atoms with Crippen LogP contribution in [0.25, 0.3) is 33.1 Å². The number of nitriles is 2. The van der Waals surface area contributed by atoms with E-state index >= 15 is 0 Å². The van der Waals surface area contributed by atoms with E-state index in [1.165, 1.54) is 27.6 Å². The Kier molecular flexibility index (Phi) is 11.3. The molecular formula is C63H48N6. The monoisotopic (exact) mass is 888 g/mol. The molecule has 6 heteroatoms. The standard InChI is InChI=1S/C63H48N6/c1-3-4-6-13-44(2)66-60-18-11-9-16-56(60)58-40-54(36-38-62(58)66)67(50-28-20-45(42-64)21-29-50)52-32-24-47(25-33-52)48-26-34-53(35-27-48)68(51-30-22-46(43-65)23-31-51)55-37-39-63-59(41-55)57-17-10-12-19-61(57)69(63)49-14-7-5-8-15-49/h1,4-32,34-35,37-41,52,54,56,60H,33,36H2,2H3/b6-4-,44-13+. The van der Waals surface area contributed by atoms with Crippen molar-refractivity contribution < 1.29 is 0 Å². The molecule has 0 spiro atoms. The maximum absolute atomic E-state index is 9.70. The van der Waals surface area contributed by atoms with Gasteiger partial charge in [0.15, 0.2) is 0 Å². The molecule has 7 aromatic rings. The Morgan fingerprint density at radius 3 is 2.03 bits per heavy atom. The van der Waals surface area contributed by atoms with Crippen LogP contribution in [0.3, 0.4) is 0 Å². The summed E-state index contributed by atoms with van der Waals surface area (Å²) in [5, 5.41) is 21.7. The lowest BCUT2D eigenvalue weighted by Crippen LogP contribution is -2.43. The molecule has 0 radical (unpaired) electrons. The molecule has 0 N–H and O–H groups in total. The molecule has 2 heterocycles. The van der Waals surface area contributed by atoms with Crippen molar-refractivity contribution in [3.05, 3.63) is 252 Å². The van der Waals surface area contributed by atoms with Gasteiger partial charge in [-0.05, 0) is 146 Å². The number of hydrogen-bond acceptors (Lipinski definition) is 5. The summed E-state index contributed by atoms with van der Waals surface area (Å²) in [6.07, 6.45) is 33.8. The molecule has 4 aliphatic rings. The summed E-state index contributed by atoms with van der Waals surface area (Å²) in [6, 6.07) is 55.5. The minimum Gasteiger partial charge on any atom is -0.358 e. The molecule has 0 saturated carbocycles. The zero-order valence-electron chi connectivity index (χ0n) is 38.3. The first-order valence-electron chi connectivity index (χ1n) is 23.5. The maximum atomic E-state index is 9.70. The first-order chi connectivity index (χ1) is 34.0. The molecule has 1 aromatic heterocycles. The van der Waals surface area contributed by atoms with Gasteiger partial charge in [-0.15, -0.1) is 6.42 Å². The topological polar surface area (TPSA) is 62.2 Å². The van der Waals surface area contributed by atoms with Gasteiger partial charge in [0.05, 0.1) is 52.4 Å². The SMILES string of the molecule is C#C/C=C\C=C(/C)N1C2=CCC(N(c3ccc(C#N)cc3)C3C=CC(c4ccc(N(c5ccc(C#N)cc5)c5ccc6c(c5)c5ccccc5n6-c5ccccc5)cc4)=CC3)C=C2C2C=CC=CC21. The summed E-state index contributed by atoms with van der Waals surface area (Å²) in [5.74, 6) is 2.84. The molecule has 0 amide bonds. The molecule has 4 atom stereocenters. The normalized spacial score (nSPS) is 19.3. The lowest BCUT2D eigenvalue weighted by atomic mass is 9.86. The fraction of sp³-hybridized carbons (Fsp3) is 0.111. The fourth-order valence-electron chi connectivity index (χ4n) is 10.7. The second-order valence-electron chi connectivity index (χ2n) is 17.8. The van der Waals surface area contributed by atoms with Gasteiger partial charge in [-0.25, -0.2) is 0 Å². The Balaban J connectivity index is 0.902. The quantitative estimate of drug-likeness (QED) is 0.101. The summed E-state index contributed by atoms with van der Waals surface area (Å²) in [4.78, 5) is 7.26. The first-order valence-corrected chi connectivity index (χ1v) is 23.5. The third kappa shape index (κ3) is 7.87. The number of benzene rings is 6. The van der Waals surface area contributed by atoms with E-state index in [9.17, 15) is 10.5 Å². The summed E-state index contributed by atoms with van der Waals surface area (Å²) >= 11 is 0. The third-order valence-electron chi connectivity index (χ3n) is 13.9. The molecule has 330 valence electrons. The lowest BCUT2D eigenvalue weighted by Gasteiger charge is -2.40. The number of terminal acetylenes is 1. The highest BCUT2D eigenvalue weighted by molar-refractivity contribution is 6.10. The predicted molar refractivity (Wildman–Crippen MR) is 283 cm³/mol. The molecule has 3 aliphatic carbocycles. The number of fused-ring (bicyclic) bond motifs is 6. The van der Waals surface area contributed by atoms with Gasteiger partial charge in [0.25, 0.3) is 0 Å². The molecule has 1 aliphatic heterocycles. The average Bonchev–Trinajstić information content (AvgIpc) is 3.92. The fourth-order valence-corrected chi connectivity index (χ4v) is 10.7. The highest BCUT2D eigenvalue weighted by Gasteiger charge is 2.42. The van der Waals surface area contributed by atoms with Gasteiger partial charge in [0.2, 0.25) is 0 Å². The largest absolute Gasteiger partial charge is 0.358 e. The van der Waals surface area contributed by atoms with Gasteiger partial charge in [-0.2, -0.15) is 10.5 Å². The Bertz CT molecular complexity index is 3500. The predicted octanol–water partition coefficient (Wildman–Crippen LogP) is 14.3. The van der Waals surface area contributed by atoms with Crippen LogP contribution in [-0.4, -0.2) is 27.6 Å². The third-order valence-corrected chi connectivity index (χ3v) is 13.9. The zero-order chi connectivity index (χ0) is 46.8. The van der Waals surface area contributed by atoms with Crippen LogP contribution in [-0.2, 0) is 0 Å². The highest BCUT2D eigenvalue weighted by atomic mass is 15.2. The van der Waals surface area contributed by atoms with Crippen molar-refractivity contribution in [3.63, 3.8) is 0 Å². The van der Waals surface area contributed by atoms with Crippen molar-refractivity contribution in [1.82, 2.24) is 9.47 Å². The van der Waals surface area contributed by atoms with Gasteiger partial charge in [0, 0.05) is 56.5 Å². The second kappa shape index (κ2) is 18.3. The van der Waals surface area contributed by atoms with Crippen LogP contribution in [0.4, 0.5) is 22.7 Å². The summed E-state index contributed by atoms with van der Waals surface area (Å²) in [7, 11) is 0. The molecule has 4 unspecified atom stereocenters. The highest BCUT2D eigenvalue weighted by Crippen LogP contribution is 2.47. The minimum absolute atomic E-state index is 0.0954. The van der Waals surface area contributed by atoms with Crippen molar-refractivity contribution in [2.75, 3.05) is 9.80 Å².